The Labute approximate surface area is 329 Å². The molecule has 294 valence electrons. The second-order valence-electron chi connectivity index (χ2n) is 13.4. The number of esters is 3. The predicted octanol–water partition coefficient (Wildman–Crippen LogP) is 5.92. The van der Waals surface area contributed by atoms with Crippen molar-refractivity contribution in [2.45, 2.75) is 62.4 Å². The molecule has 0 radical (unpaired) electrons. The normalized spacial score (nSPS) is 24.1. The van der Waals surface area contributed by atoms with Crippen LogP contribution in [0.2, 0.25) is 0 Å². The fourth-order valence-corrected chi connectivity index (χ4v) is 6.52. The number of aliphatic hydroxyl groups excluding tert-OH is 1. The molecule has 57 heavy (non-hydrogen) atoms. The minimum absolute atomic E-state index is 0.171. The zero-order chi connectivity index (χ0) is 39.4. The SMILES string of the molecule is O=C(OC[C@H]1O[C@@H](OC[C@H]2O[C@H](O)[C@@H](OC(=O)c3ccccc3)[C@@H]2OC(=O)c2ccccc2)[C@@H](OCc2ccccc2)[C@@H]1OCc1ccccc1)c1ccccc1. The summed E-state index contributed by atoms with van der Waals surface area (Å²) in [5.74, 6) is -2.01. The number of aliphatic hydroxyl groups is 1. The summed E-state index contributed by atoms with van der Waals surface area (Å²) < 4.78 is 48.9. The van der Waals surface area contributed by atoms with Crippen molar-refractivity contribution < 1.29 is 57.4 Å². The standard InChI is InChI=1S/C45H42O12/c46-41(32-20-10-3-11-21-32)52-28-35-37(50-26-30-16-6-1-7-17-30)40(51-27-31-18-8-2-9-19-31)45(55-35)53-29-36-38(56-42(47)33-22-12-4-13-23-33)39(44(49)54-36)57-43(48)34-24-14-5-15-25-34/h1-25,35-40,44-45,49H,26-29H2/t35-,36-,37-,38-,39+,40+,44+,45-/m1/s1. The Kier molecular flexibility index (Phi) is 13.5. The van der Waals surface area contributed by atoms with E-state index in [1.165, 1.54) is 0 Å². The van der Waals surface area contributed by atoms with Crippen LogP contribution in [-0.4, -0.2) is 85.4 Å². The van der Waals surface area contributed by atoms with Crippen LogP contribution in [0.15, 0.2) is 152 Å². The van der Waals surface area contributed by atoms with Gasteiger partial charge in [0.1, 0.15) is 31.0 Å². The van der Waals surface area contributed by atoms with Crippen LogP contribution >= 0.6 is 0 Å². The summed E-state index contributed by atoms with van der Waals surface area (Å²) in [5.41, 5.74) is 2.63. The lowest BCUT2D eigenvalue weighted by atomic mass is 10.1. The monoisotopic (exact) mass is 774 g/mol. The van der Waals surface area contributed by atoms with E-state index in [0.29, 0.717) is 5.56 Å². The summed E-state index contributed by atoms with van der Waals surface area (Å²) in [7, 11) is 0. The van der Waals surface area contributed by atoms with Crippen LogP contribution in [0.1, 0.15) is 42.2 Å². The smallest absolute Gasteiger partial charge is 0.338 e. The Bertz CT molecular complexity index is 2020. The lowest BCUT2D eigenvalue weighted by Crippen LogP contribution is -2.43. The van der Waals surface area contributed by atoms with Crippen LogP contribution in [0.3, 0.4) is 0 Å². The van der Waals surface area contributed by atoms with E-state index >= 15 is 0 Å². The Hall–Kier alpha value is -5.73. The van der Waals surface area contributed by atoms with Crippen LogP contribution in [0, 0.1) is 0 Å². The molecule has 0 bridgehead atoms. The van der Waals surface area contributed by atoms with Gasteiger partial charge in [0.15, 0.2) is 24.8 Å². The van der Waals surface area contributed by atoms with Gasteiger partial charge in [-0.25, -0.2) is 14.4 Å². The third-order valence-corrected chi connectivity index (χ3v) is 9.44. The number of benzene rings is 5. The van der Waals surface area contributed by atoms with Gasteiger partial charge in [-0.1, -0.05) is 115 Å². The number of rotatable bonds is 16. The van der Waals surface area contributed by atoms with Crippen molar-refractivity contribution in [3.05, 3.63) is 179 Å². The Morgan fingerprint density at radius 3 is 1.39 bits per heavy atom. The lowest BCUT2D eigenvalue weighted by Gasteiger charge is -2.26. The van der Waals surface area contributed by atoms with E-state index in [0.717, 1.165) is 11.1 Å². The van der Waals surface area contributed by atoms with E-state index in [1.807, 2.05) is 60.7 Å². The highest BCUT2D eigenvalue weighted by atomic mass is 16.7. The van der Waals surface area contributed by atoms with Crippen LogP contribution in [0.5, 0.6) is 0 Å². The fourth-order valence-electron chi connectivity index (χ4n) is 6.52. The fraction of sp³-hybridized carbons (Fsp3) is 0.267. The van der Waals surface area contributed by atoms with E-state index in [4.69, 9.17) is 37.9 Å². The molecular weight excluding hydrogens is 732 g/mol. The van der Waals surface area contributed by atoms with Crippen molar-refractivity contribution >= 4 is 17.9 Å². The van der Waals surface area contributed by atoms with Crippen LogP contribution in [0.4, 0.5) is 0 Å². The van der Waals surface area contributed by atoms with Gasteiger partial charge >= 0.3 is 17.9 Å². The van der Waals surface area contributed by atoms with Crippen molar-refractivity contribution in [2.24, 2.45) is 0 Å². The number of ether oxygens (including phenoxy) is 8. The first-order valence-electron chi connectivity index (χ1n) is 18.6. The molecule has 0 saturated carbocycles. The zero-order valence-electron chi connectivity index (χ0n) is 30.8. The van der Waals surface area contributed by atoms with Crippen molar-refractivity contribution in [3.8, 4) is 0 Å². The molecule has 5 aromatic carbocycles. The minimum atomic E-state index is -1.67. The van der Waals surface area contributed by atoms with Crippen LogP contribution in [0.25, 0.3) is 0 Å². The quantitative estimate of drug-likeness (QED) is 0.0938. The highest BCUT2D eigenvalue weighted by Gasteiger charge is 2.52. The summed E-state index contributed by atoms with van der Waals surface area (Å²) in [4.78, 5) is 39.5. The van der Waals surface area contributed by atoms with Gasteiger partial charge in [0.2, 0.25) is 0 Å². The molecule has 0 amide bonds. The van der Waals surface area contributed by atoms with E-state index in [-0.39, 0.29) is 37.6 Å². The molecule has 5 aromatic rings. The molecule has 8 atom stereocenters. The topological polar surface area (TPSA) is 145 Å². The first-order chi connectivity index (χ1) is 27.9. The van der Waals surface area contributed by atoms with Gasteiger partial charge in [0, 0.05) is 0 Å². The van der Waals surface area contributed by atoms with Crippen molar-refractivity contribution in [3.63, 3.8) is 0 Å². The van der Waals surface area contributed by atoms with Gasteiger partial charge in [0.25, 0.3) is 0 Å². The maximum Gasteiger partial charge on any atom is 0.338 e. The minimum Gasteiger partial charge on any atom is -0.459 e. The average Bonchev–Trinajstić information content (AvgIpc) is 3.75. The van der Waals surface area contributed by atoms with E-state index in [9.17, 15) is 19.5 Å². The first-order valence-corrected chi connectivity index (χ1v) is 18.6. The van der Waals surface area contributed by atoms with Gasteiger partial charge < -0.3 is 43.0 Å². The van der Waals surface area contributed by atoms with Gasteiger partial charge in [-0.2, -0.15) is 0 Å². The van der Waals surface area contributed by atoms with E-state index in [1.54, 1.807) is 91.0 Å². The van der Waals surface area contributed by atoms with Gasteiger partial charge in [-0.15, -0.1) is 0 Å². The summed E-state index contributed by atoms with van der Waals surface area (Å²) in [6, 6.07) is 44.2. The summed E-state index contributed by atoms with van der Waals surface area (Å²) in [5, 5.41) is 11.1. The maximum absolute atomic E-state index is 13.3. The molecule has 2 heterocycles. The number of hydrogen-bond donors (Lipinski definition) is 1. The highest BCUT2D eigenvalue weighted by molar-refractivity contribution is 5.90. The molecule has 7 rings (SSSR count). The van der Waals surface area contributed by atoms with E-state index in [2.05, 4.69) is 0 Å². The van der Waals surface area contributed by atoms with Gasteiger partial charge in [0.05, 0.1) is 36.5 Å². The summed E-state index contributed by atoms with van der Waals surface area (Å²) in [6.45, 7) is -0.129. The Morgan fingerprint density at radius 1 is 0.456 bits per heavy atom. The number of carbonyl (C=O) groups is 3. The molecule has 0 aliphatic carbocycles. The van der Waals surface area contributed by atoms with Crippen molar-refractivity contribution in [2.75, 3.05) is 13.2 Å². The summed E-state index contributed by atoms with van der Waals surface area (Å²) in [6.07, 6.45) is -9.10. The average molecular weight is 775 g/mol. The molecular formula is C45H42O12. The van der Waals surface area contributed by atoms with Crippen LogP contribution in [-0.2, 0) is 51.1 Å². The van der Waals surface area contributed by atoms with Gasteiger partial charge in [-0.3, -0.25) is 0 Å². The largest absolute Gasteiger partial charge is 0.459 e. The van der Waals surface area contributed by atoms with Crippen molar-refractivity contribution in [1.29, 1.82) is 0 Å². The molecule has 12 nitrogen and oxygen atoms in total. The summed E-state index contributed by atoms with van der Waals surface area (Å²) >= 11 is 0. The van der Waals surface area contributed by atoms with E-state index < -0.39 is 67.1 Å². The third-order valence-electron chi connectivity index (χ3n) is 9.44. The molecule has 2 aliphatic heterocycles. The second-order valence-corrected chi connectivity index (χ2v) is 13.4. The number of hydrogen-bond acceptors (Lipinski definition) is 12. The van der Waals surface area contributed by atoms with Gasteiger partial charge in [-0.05, 0) is 47.5 Å². The molecule has 2 aliphatic rings. The number of carbonyl (C=O) groups excluding carboxylic acids is 3. The molecule has 12 heteroatoms. The van der Waals surface area contributed by atoms with Crippen molar-refractivity contribution in [1.82, 2.24) is 0 Å². The van der Waals surface area contributed by atoms with Crippen LogP contribution < -0.4 is 0 Å². The molecule has 0 aromatic heterocycles. The lowest BCUT2D eigenvalue weighted by molar-refractivity contribution is -0.207. The third kappa shape index (κ3) is 10.4. The zero-order valence-corrected chi connectivity index (χ0v) is 30.8. The molecule has 2 fully saturated rings. The Morgan fingerprint density at radius 2 is 0.877 bits per heavy atom. The maximum atomic E-state index is 13.3. The molecule has 0 unspecified atom stereocenters. The molecule has 1 N–H and O–H groups in total. The predicted molar refractivity (Wildman–Crippen MR) is 204 cm³/mol. The molecule has 2 saturated heterocycles. The Balaban J connectivity index is 1.12. The second kappa shape index (κ2) is 19.4. The first kappa shape index (κ1) is 39.5. The highest BCUT2D eigenvalue weighted by Crippen LogP contribution is 2.33. The molecule has 0 spiro atoms.